The molecule has 0 aliphatic carbocycles. The van der Waals surface area contributed by atoms with Gasteiger partial charge in [-0.15, -0.1) is 0 Å². The summed E-state index contributed by atoms with van der Waals surface area (Å²) in [4.78, 5) is 26.6. The Bertz CT molecular complexity index is 940. The van der Waals surface area contributed by atoms with Crippen molar-refractivity contribution in [3.63, 3.8) is 0 Å². The van der Waals surface area contributed by atoms with Crippen LogP contribution >= 0.6 is 24.0 Å². The van der Waals surface area contributed by atoms with Crippen molar-refractivity contribution in [2.45, 2.75) is 13.3 Å². The number of phenolic OH excluding ortho intramolecular Hbond substituents is 1. The molecular formula is C20H18N2O3S2. The first-order chi connectivity index (χ1) is 12.9. The lowest BCUT2D eigenvalue weighted by atomic mass is 10.2. The van der Waals surface area contributed by atoms with E-state index in [0.29, 0.717) is 14.8 Å². The van der Waals surface area contributed by atoms with Crippen molar-refractivity contribution in [3.8, 4) is 5.75 Å². The van der Waals surface area contributed by atoms with Crippen LogP contribution in [0.2, 0.25) is 0 Å². The fraction of sp³-hybridized carbons (Fsp3) is 0.150. The Morgan fingerprint density at radius 3 is 2.78 bits per heavy atom. The summed E-state index contributed by atoms with van der Waals surface area (Å²) in [6.45, 7) is 2.17. The first-order valence-corrected chi connectivity index (χ1v) is 9.56. The maximum Gasteiger partial charge on any atom is 0.266 e. The lowest BCUT2D eigenvalue weighted by molar-refractivity contribution is -0.122. The molecule has 2 amide bonds. The van der Waals surface area contributed by atoms with Crippen molar-refractivity contribution in [1.29, 1.82) is 0 Å². The van der Waals surface area contributed by atoms with Crippen LogP contribution in [0, 0.1) is 6.92 Å². The van der Waals surface area contributed by atoms with Crippen molar-refractivity contribution in [2.24, 2.45) is 0 Å². The number of carbonyl (C=O) groups excluding carboxylic acids is 2. The van der Waals surface area contributed by atoms with E-state index in [4.69, 9.17) is 12.2 Å². The summed E-state index contributed by atoms with van der Waals surface area (Å²) in [6.07, 6.45) is 1.84. The number of thiocarbonyl (C=S) groups is 1. The SMILES string of the molecule is Cc1cccc(NC(=O)CCN2C(=O)/C(=C/c3cccc(O)c3)SC2=S)c1. The van der Waals surface area contributed by atoms with Gasteiger partial charge in [0.2, 0.25) is 5.91 Å². The van der Waals surface area contributed by atoms with E-state index in [1.807, 2.05) is 31.2 Å². The molecule has 7 heteroatoms. The molecule has 1 heterocycles. The van der Waals surface area contributed by atoms with Crippen molar-refractivity contribution in [1.82, 2.24) is 4.90 Å². The van der Waals surface area contributed by atoms with Gasteiger partial charge >= 0.3 is 0 Å². The number of phenols is 1. The molecule has 0 unspecified atom stereocenters. The second-order valence-electron chi connectivity index (χ2n) is 6.10. The van der Waals surface area contributed by atoms with Crippen LogP contribution in [0.15, 0.2) is 53.4 Å². The maximum absolute atomic E-state index is 12.6. The second-order valence-corrected chi connectivity index (χ2v) is 7.77. The Kier molecular flexibility index (Phi) is 5.93. The highest BCUT2D eigenvalue weighted by atomic mass is 32.2. The highest BCUT2D eigenvalue weighted by Gasteiger charge is 2.32. The quantitative estimate of drug-likeness (QED) is 0.590. The van der Waals surface area contributed by atoms with Crippen LogP contribution in [0.25, 0.3) is 6.08 Å². The summed E-state index contributed by atoms with van der Waals surface area (Å²) in [5, 5.41) is 12.4. The summed E-state index contributed by atoms with van der Waals surface area (Å²) in [7, 11) is 0. The number of nitrogens with zero attached hydrogens (tertiary/aromatic N) is 1. The third kappa shape index (κ3) is 4.96. The first kappa shape index (κ1) is 19.1. The van der Waals surface area contributed by atoms with Crippen LogP contribution in [0.4, 0.5) is 5.69 Å². The molecule has 0 atom stereocenters. The Balaban J connectivity index is 1.61. The number of thioether (sulfide) groups is 1. The van der Waals surface area contributed by atoms with Crippen LogP contribution in [-0.4, -0.2) is 32.7 Å². The van der Waals surface area contributed by atoms with Crippen LogP contribution in [0.5, 0.6) is 5.75 Å². The van der Waals surface area contributed by atoms with Crippen LogP contribution in [-0.2, 0) is 9.59 Å². The summed E-state index contributed by atoms with van der Waals surface area (Å²) >= 11 is 6.48. The molecule has 0 aromatic heterocycles. The van der Waals surface area contributed by atoms with Gasteiger partial charge in [-0.2, -0.15) is 0 Å². The maximum atomic E-state index is 12.6. The van der Waals surface area contributed by atoms with E-state index in [0.717, 1.165) is 11.3 Å². The van der Waals surface area contributed by atoms with E-state index >= 15 is 0 Å². The predicted molar refractivity (Wildman–Crippen MR) is 112 cm³/mol. The number of carbonyl (C=O) groups is 2. The molecule has 1 aliphatic heterocycles. The van der Waals surface area contributed by atoms with Gasteiger partial charge in [0.15, 0.2) is 0 Å². The zero-order valence-corrected chi connectivity index (χ0v) is 16.3. The number of hydrogen-bond donors (Lipinski definition) is 2. The van der Waals surface area contributed by atoms with E-state index in [1.165, 1.54) is 16.7 Å². The van der Waals surface area contributed by atoms with Gasteiger partial charge < -0.3 is 10.4 Å². The number of benzene rings is 2. The number of aromatic hydroxyl groups is 1. The average molecular weight is 399 g/mol. The number of anilines is 1. The van der Waals surface area contributed by atoms with Gasteiger partial charge in [0, 0.05) is 18.7 Å². The zero-order valence-electron chi connectivity index (χ0n) is 14.6. The monoisotopic (exact) mass is 398 g/mol. The largest absolute Gasteiger partial charge is 0.508 e. The zero-order chi connectivity index (χ0) is 19.4. The predicted octanol–water partition coefficient (Wildman–Crippen LogP) is 3.93. The molecule has 1 aliphatic rings. The lowest BCUT2D eigenvalue weighted by Gasteiger charge is -2.14. The van der Waals surface area contributed by atoms with E-state index in [9.17, 15) is 14.7 Å². The Hall–Kier alpha value is -2.64. The van der Waals surface area contributed by atoms with Gasteiger partial charge in [0.1, 0.15) is 10.1 Å². The third-order valence-corrected chi connectivity index (χ3v) is 5.28. The topological polar surface area (TPSA) is 69.6 Å². The summed E-state index contributed by atoms with van der Waals surface area (Å²) in [6, 6.07) is 14.2. The smallest absolute Gasteiger partial charge is 0.266 e. The van der Waals surface area contributed by atoms with Gasteiger partial charge in [-0.05, 0) is 48.4 Å². The highest BCUT2D eigenvalue weighted by Crippen LogP contribution is 2.33. The van der Waals surface area contributed by atoms with Gasteiger partial charge in [-0.3, -0.25) is 14.5 Å². The standard InChI is InChI=1S/C20H18N2O3S2/c1-13-4-2-6-15(10-13)21-18(24)8-9-22-19(25)17(27-20(22)26)12-14-5-3-7-16(23)11-14/h2-7,10-12,23H,8-9H2,1H3,(H,21,24)/b17-12-. The molecule has 138 valence electrons. The van der Waals surface area contributed by atoms with E-state index in [2.05, 4.69) is 5.32 Å². The molecule has 0 radical (unpaired) electrons. The summed E-state index contributed by atoms with van der Waals surface area (Å²) in [5.41, 5.74) is 2.50. The molecule has 0 bridgehead atoms. The van der Waals surface area contributed by atoms with E-state index in [-0.39, 0.29) is 30.5 Å². The van der Waals surface area contributed by atoms with Crippen molar-refractivity contribution in [3.05, 3.63) is 64.6 Å². The molecule has 3 rings (SSSR count). The lowest BCUT2D eigenvalue weighted by Crippen LogP contribution is -2.31. The minimum absolute atomic E-state index is 0.132. The average Bonchev–Trinajstić information content (AvgIpc) is 2.86. The molecule has 1 saturated heterocycles. The van der Waals surface area contributed by atoms with Crippen molar-refractivity contribution in [2.75, 3.05) is 11.9 Å². The van der Waals surface area contributed by atoms with E-state index < -0.39 is 0 Å². The third-order valence-electron chi connectivity index (χ3n) is 3.91. The van der Waals surface area contributed by atoms with E-state index in [1.54, 1.807) is 30.3 Å². The van der Waals surface area contributed by atoms with Crippen LogP contribution in [0.3, 0.4) is 0 Å². The molecule has 2 aromatic rings. The molecule has 0 saturated carbocycles. The number of nitrogens with one attached hydrogen (secondary N) is 1. The Morgan fingerprint density at radius 2 is 2.04 bits per heavy atom. The minimum Gasteiger partial charge on any atom is -0.508 e. The van der Waals surface area contributed by atoms with Gasteiger partial charge in [0.25, 0.3) is 5.91 Å². The summed E-state index contributed by atoms with van der Waals surface area (Å²) < 4.78 is 0.426. The van der Waals surface area contributed by atoms with Gasteiger partial charge in [0.05, 0.1) is 4.91 Å². The van der Waals surface area contributed by atoms with Crippen LogP contribution < -0.4 is 5.32 Å². The molecule has 1 fully saturated rings. The van der Waals surface area contributed by atoms with Gasteiger partial charge in [-0.25, -0.2) is 0 Å². The fourth-order valence-electron chi connectivity index (χ4n) is 2.62. The number of amides is 2. The fourth-order valence-corrected chi connectivity index (χ4v) is 3.93. The minimum atomic E-state index is -0.225. The number of aryl methyl sites for hydroxylation is 1. The highest BCUT2D eigenvalue weighted by molar-refractivity contribution is 8.26. The molecule has 27 heavy (non-hydrogen) atoms. The number of rotatable bonds is 5. The number of hydrogen-bond acceptors (Lipinski definition) is 5. The second kappa shape index (κ2) is 8.37. The van der Waals surface area contributed by atoms with Gasteiger partial charge in [-0.1, -0.05) is 48.2 Å². The normalized spacial score (nSPS) is 15.4. The van der Waals surface area contributed by atoms with Crippen molar-refractivity contribution < 1.29 is 14.7 Å². The summed E-state index contributed by atoms with van der Waals surface area (Å²) in [5.74, 6) is -0.268. The Morgan fingerprint density at radius 1 is 1.26 bits per heavy atom. The molecule has 2 N–H and O–H groups in total. The Labute approximate surface area is 167 Å². The van der Waals surface area contributed by atoms with Crippen molar-refractivity contribution >= 4 is 51.9 Å². The molecular weight excluding hydrogens is 380 g/mol. The first-order valence-electron chi connectivity index (χ1n) is 8.33. The molecule has 0 spiro atoms. The molecule has 2 aromatic carbocycles. The molecule has 5 nitrogen and oxygen atoms in total. The van der Waals surface area contributed by atoms with Crippen LogP contribution in [0.1, 0.15) is 17.5 Å².